The second-order valence-corrected chi connectivity index (χ2v) is 6.23. The van der Waals surface area contributed by atoms with Crippen molar-refractivity contribution in [3.8, 4) is 28.7 Å². The van der Waals surface area contributed by atoms with Crippen LogP contribution in [0.3, 0.4) is 0 Å². The summed E-state index contributed by atoms with van der Waals surface area (Å²) in [6.45, 7) is 0.0720. The molecule has 0 radical (unpaired) electrons. The topological polar surface area (TPSA) is 82.2 Å². The highest BCUT2D eigenvalue weighted by Gasteiger charge is 2.15. The lowest BCUT2D eigenvalue weighted by Crippen LogP contribution is -2.18. The molecule has 2 aromatic carbocycles. The van der Waals surface area contributed by atoms with Crippen molar-refractivity contribution in [1.82, 2.24) is 14.7 Å². The predicted molar refractivity (Wildman–Crippen MR) is 105 cm³/mol. The zero-order valence-electron chi connectivity index (χ0n) is 15.5. The molecule has 0 saturated carbocycles. The summed E-state index contributed by atoms with van der Waals surface area (Å²) in [4.78, 5) is 16.8. The summed E-state index contributed by atoms with van der Waals surface area (Å²) in [5.74, 6) is 0.783. The maximum absolute atomic E-state index is 13.1. The molecule has 1 amide bonds. The fourth-order valence-electron chi connectivity index (χ4n) is 2.82. The standard InChI is InChI=1S/C21H17FN4O3/c1-28-17-10-8-16(9-11-17)23-19(27)13-26-12-2-3-18(26)21-24-20(25-29-21)14-4-6-15(22)7-5-14/h2-12H,13H2,1H3,(H,23,27). The third-order valence-corrected chi connectivity index (χ3v) is 4.26. The molecule has 0 atom stereocenters. The molecule has 0 aliphatic rings. The molecule has 1 N–H and O–H groups in total. The first-order chi connectivity index (χ1) is 14.1. The molecule has 0 saturated heterocycles. The summed E-state index contributed by atoms with van der Waals surface area (Å²) in [7, 11) is 1.58. The maximum atomic E-state index is 13.1. The van der Waals surface area contributed by atoms with Crippen LogP contribution in [0.1, 0.15) is 0 Å². The summed E-state index contributed by atoms with van der Waals surface area (Å²) in [6, 6.07) is 16.4. The Kier molecular flexibility index (Phi) is 5.07. The fraction of sp³-hybridized carbons (Fsp3) is 0.0952. The van der Waals surface area contributed by atoms with Crippen LogP contribution in [0, 0.1) is 5.82 Å². The number of rotatable bonds is 6. The molecule has 0 aliphatic carbocycles. The Labute approximate surface area is 165 Å². The minimum atomic E-state index is -0.339. The normalized spacial score (nSPS) is 10.7. The number of carbonyl (C=O) groups excluding carboxylic acids is 1. The van der Waals surface area contributed by atoms with Gasteiger partial charge in [-0.2, -0.15) is 4.98 Å². The van der Waals surface area contributed by atoms with Gasteiger partial charge in [-0.1, -0.05) is 5.16 Å². The minimum Gasteiger partial charge on any atom is -0.497 e. The van der Waals surface area contributed by atoms with E-state index < -0.39 is 0 Å². The van der Waals surface area contributed by atoms with Crippen LogP contribution < -0.4 is 10.1 Å². The Balaban J connectivity index is 1.48. The van der Waals surface area contributed by atoms with E-state index in [0.29, 0.717) is 28.5 Å². The van der Waals surface area contributed by atoms with Crippen molar-refractivity contribution in [2.45, 2.75) is 6.54 Å². The molecular weight excluding hydrogens is 375 g/mol. The van der Waals surface area contributed by atoms with Gasteiger partial charge in [0.2, 0.25) is 11.7 Å². The van der Waals surface area contributed by atoms with Crippen LogP contribution in [0.4, 0.5) is 10.1 Å². The number of anilines is 1. The first-order valence-electron chi connectivity index (χ1n) is 8.81. The van der Waals surface area contributed by atoms with E-state index in [4.69, 9.17) is 9.26 Å². The Morgan fingerprint density at radius 1 is 1.14 bits per heavy atom. The number of nitrogens with one attached hydrogen (secondary N) is 1. The van der Waals surface area contributed by atoms with E-state index in [2.05, 4.69) is 15.5 Å². The summed E-state index contributed by atoms with van der Waals surface area (Å²) in [6.07, 6.45) is 1.75. The highest BCUT2D eigenvalue weighted by atomic mass is 19.1. The van der Waals surface area contributed by atoms with Gasteiger partial charge in [-0.25, -0.2) is 4.39 Å². The first-order valence-corrected chi connectivity index (χ1v) is 8.81. The van der Waals surface area contributed by atoms with Gasteiger partial charge in [-0.3, -0.25) is 4.79 Å². The van der Waals surface area contributed by atoms with Gasteiger partial charge in [0.1, 0.15) is 23.8 Å². The predicted octanol–water partition coefficient (Wildman–Crippen LogP) is 3.99. The molecular formula is C21H17FN4O3. The van der Waals surface area contributed by atoms with E-state index in [1.165, 1.54) is 12.1 Å². The molecule has 0 spiro atoms. The highest BCUT2D eigenvalue weighted by Crippen LogP contribution is 2.23. The molecule has 0 fully saturated rings. The molecule has 0 unspecified atom stereocenters. The monoisotopic (exact) mass is 392 g/mol. The number of halogens is 1. The van der Waals surface area contributed by atoms with Gasteiger partial charge in [-0.05, 0) is 60.7 Å². The smallest absolute Gasteiger partial charge is 0.274 e. The average molecular weight is 392 g/mol. The molecule has 4 aromatic rings. The van der Waals surface area contributed by atoms with Crippen LogP contribution >= 0.6 is 0 Å². The summed E-state index contributed by atoms with van der Waals surface area (Å²) >= 11 is 0. The van der Waals surface area contributed by atoms with Crippen LogP contribution in [0.15, 0.2) is 71.4 Å². The van der Waals surface area contributed by atoms with E-state index in [1.807, 2.05) is 0 Å². The molecule has 8 heteroatoms. The molecule has 2 aromatic heterocycles. The van der Waals surface area contributed by atoms with Crippen molar-refractivity contribution in [2.24, 2.45) is 0 Å². The van der Waals surface area contributed by atoms with Crippen LogP contribution in [0.5, 0.6) is 5.75 Å². The van der Waals surface area contributed by atoms with E-state index in [-0.39, 0.29) is 24.2 Å². The van der Waals surface area contributed by atoms with Gasteiger partial charge in [0, 0.05) is 17.4 Å². The van der Waals surface area contributed by atoms with Crippen LogP contribution in [-0.4, -0.2) is 27.7 Å². The SMILES string of the molecule is COc1ccc(NC(=O)Cn2cccc2-c2nc(-c3ccc(F)cc3)no2)cc1. The maximum Gasteiger partial charge on any atom is 0.274 e. The minimum absolute atomic E-state index is 0.0720. The van der Waals surface area contributed by atoms with Crippen LogP contribution in [-0.2, 0) is 11.3 Å². The lowest BCUT2D eigenvalue weighted by atomic mass is 10.2. The Morgan fingerprint density at radius 2 is 1.90 bits per heavy atom. The molecule has 0 bridgehead atoms. The van der Waals surface area contributed by atoms with Crippen molar-refractivity contribution in [3.05, 3.63) is 72.7 Å². The number of benzene rings is 2. The zero-order valence-corrected chi connectivity index (χ0v) is 15.5. The third kappa shape index (κ3) is 4.16. The molecule has 146 valence electrons. The Morgan fingerprint density at radius 3 is 2.62 bits per heavy atom. The molecule has 7 nitrogen and oxygen atoms in total. The number of amides is 1. The molecule has 29 heavy (non-hydrogen) atoms. The van der Waals surface area contributed by atoms with Gasteiger partial charge in [0.05, 0.1) is 7.11 Å². The Bertz CT molecular complexity index is 1120. The Hall–Kier alpha value is -3.94. The van der Waals surface area contributed by atoms with Gasteiger partial charge in [-0.15, -0.1) is 0 Å². The lowest BCUT2D eigenvalue weighted by Gasteiger charge is -2.08. The van der Waals surface area contributed by atoms with Crippen molar-refractivity contribution in [3.63, 3.8) is 0 Å². The first kappa shape index (κ1) is 18.4. The number of carbonyl (C=O) groups is 1. The number of hydrogen-bond acceptors (Lipinski definition) is 5. The van der Waals surface area contributed by atoms with Crippen molar-refractivity contribution >= 4 is 11.6 Å². The lowest BCUT2D eigenvalue weighted by molar-refractivity contribution is -0.116. The van der Waals surface area contributed by atoms with E-state index in [1.54, 1.807) is 66.4 Å². The van der Waals surface area contributed by atoms with Crippen molar-refractivity contribution < 1.29 is 18.4 Å². The van der Waals surface area contributed by atoms with Gasteiger partial charge in [0.15, 0.2) is 0 Å². The summed E-state index contributed by atoms with van der Waals surface area (Å²) in [5, 5.41) is 6.77. The number of aromatic nitrogens is 3. The average Bonchev–Trinajstić information content (AvgIpc) is 3.38. The summed E-state index contributed by atoms with van der Waals surface area (Å²) in [5.41, 5.74) is 1.91. The largest absolute Gasteiger partial charge is 0.497 e. The molecule has 4 rings (SSSR count). The van der Waals surface area contributed by atoms with Crippen LogP contribution in [0.2, 0.25) is 0 Å². The number of methoxy groups -OCH3 is 1. The summed E-state index contributed by atoms with van der Waals surface area (Å²) < 4.78 is 25.2. The van der Waals surface area contributed by atoms with Gasteiger partial charge >= 0.3 is 0 Å². The zero-order chi connectivity index (χ0) is 20.2. The molecule has 0 aliphatic heterocycles. The van der Waals surface area contributed by atoms with Crippen LogP contribution in [0.25, 0.3) is 23.0 Å². The number of hydrogen-bond donors (Lipinski definition) is 1. The third-order valence-electron chi connectivity index (χ3n) is 4.26. The van der Waals surface area contributed by atoms with Crippen molar-refractivity contribution in [1.29, 1.82) is 0 Å². The van der Waals surface area contributed by atoms with E-state index in [0.717, 1.165) is 0 Å². The van der Waals surface area contributed by atoms with Gasteiger partial charge < -0.3 is 19.1 Å². The number of nitrogens with zero attached hydrogens (tertiary/aromatic N) is 3. The molecule has 2 heterocycles. The fourth-order valence-corrected chi connectivity index (χ4v) is 2.82. The van der Waals surface area contributed by atoms with Gasteiger partial charge in [0.25, 0.3) is 5.89 Å². The van der Waals surface area contributed by atoms with Crippen molar-refractivity contribution in [2.75, 3.05) is 12.4 Å². The second-order valence-electron chi connectivity index (χ2n) is 6.23. The second kappa shape index (κ2) is 7.97. The quantitative estimate of drug-likeness (QED) is 0.537. The van der Waals surface area contributed by atoms with E-state index in [9.17, 15) is 9.18 Å². The number of ether oxygens (including phenoxy) is 1. The van der Waals surface area contributed by atoms with E-state index >= 15 is 0 Å². The highest BCUT2D eigenvalue weighted by molar-refractivity contribution is 5.90.